The number of hydrogen-bond acceptors (Lipinski definition) is 3. The first-order chi connectivity index (χ1) is 9.63. The lowest BCUT2D eigenvalue weighted by Gasteiger charge is -2.15. The van der Waals surface area contributed by atoms with Gasteiger partial charge in [-0.15, -0.1) is 0 Å². The Kier molecular flexibility index (Phi) is 3.61. The maximum absolute atomic E-state index is 12.0. The Morgan fingerprint density at radius 1 is 1.45 bits per heavy atom. The molecule has 1 aromatic rings. The van der Waals surface area contributed by atoms with Gasteiger partial charge in [0.15, 0.2) is 5.43 Å². The van der Waals surface area contributed by atoms with Crippen LogP contribution in [0, 0.1) is 12.8 Å². The largest absolute Gasteiger partial charge is 0.364 e. The highest BCUT2D eigenvalue weighted by Gasteiger charge is 2.34. The molecular weight excluding hydrogens is 254 g/mol. The third-order valence-corrected chi connectivity index (χ3v) is 4.23. The molecule has 1 aromatic heterocycles. The number of aryl methyl sites for hydroxylation is 1. The van der Waals surface area contributed by atoms with Crippen LogP contribution in [0.4, 0.5) is 0 Å². The molecular formula is C15H21N3O2. The highest BCUT2D eigenvalue weighted by Crippen LogP contribution is 2.31. The van der Waals surface area contributed by atoms with Crippen LogP contribution in [0.5, 0.6) is 0 Å². The Morgan fingerprint density at radius 3 is 2.95 bits per heavy atom. The summed E-state index contributed by atoms with van der Waals surface area (Å²) >= 11 is 0. The number of aromatic nitrogens is 1. The van der Waals surface area contributed by atoms with Crippen LogP contribution in [0.2, 0.25) is 0 Å². The van der Waals surface area contributed by atoms with Gasteiger partial charge in [-0.05, 0) is 38.6 Å². The normalized spacial score (nSPS) is 22.9. The topological polar surface area (TPSA) is 65.2 Å². The maximum Gasteiger partial charge on any atom is 0.256 e. The van der Waals surface area contributed by atoms with Gasteiger partial charge < -0.3 is 15.2 Å². The molecule has 0 radical (unpaired) electrons. The Bertz CT molecular complexity index is 562. The van der Waals surface area contributed by atoms with E-state index in [4.69, 9.17) is 0 Å². The highest BCUT2D eigenvalue weighted by molar-refractivity contribution is 5.93. The third-order valence-electron chi connectivity index (χ3n) is 4.23. The molecule has 1 saturated heterocycles. The van der Waals surface area contributed by atoms with E-state index in [9.17, 15) is 9.59 Å². The van der Waals surface area contributed by atoms with E-state index < -0.39 is 0 Å². The molecule has 0 aromatic carbocycles. The summed E-state index contributed by atoms with van der Waals surface area (Å²) in [4.78, 5) is 29.2. The van der Waals surface area contributed by atoms with Gasteiger partial charge in [-0.25, -0.2) is 0 Å². The number of hydrogen-bond donors (Lipinski definition) is 2. The van der Waals surface area contributed by atoms with E-state index in [0.29, 0.717) is 12.5 Å². The zero-order valence-electron chi connectivity index (χ0n) is 11.8. The van der Waals surface area contributed by atoms with Crippen LogP contribution in [-0.2, 0) is 0 Å². The molecule has 5 nitrogen and oxygen atoms in total. The van der Waals surface area contributed by atoms with Gasteiger partial charge in [0.1, 0.15) is 5.56 Å². The third kappa shape index (κ3) is 2.93. The summed E-state index contributed by atoms with van der Waals surface area (Å²) in [7, 11) is 0. The molecule has 1 aliphatic heterocycles. The molecule has 108 valence electrons. The Hall–Kier alpha value is -1.62. The van der Waals surface area contributed by atoms with Crippen molar-refractivity contribution in [2.24, 2.45) is 5.92 Å². The number of rotatable bonds is 4. The van der Waals surface area contributed by atoms with Gasteiger partial charge in [-0.2, -0.15) is 0 Å². The summed E-state index contributed by atoms with van der Waals surface area (Å²) in [5.41, 5.74) is 0.750. The molecule has 1 amide bonds. The van der Waals surface area contributed by atoms with E-state index >= 15 is 0 Å². The van der Waals surface area contributed by atoms with E-state index in [-0.39, 0.29) is 16.9 Å². The summed E-state index contributed by atoms with van der Waals surface area (Å²) in [6.07, 6.45) is 5.30. The summed E-state index contributed by atoms with van der Waals surface area (Å²) < 4.78 is 0. The van der Waals surface area contributed by atoms with Crippen molar-refractivity contribution in [2.75, 3.05) is 19.6 Å². The number of aromatic amines is 1. The fourth-order valence-electron chi connectivity index (χ4n) is 2.88. The van der Waals surface area contributed by atoms with Gasteiger partial charge in [0, 0.05) is 37.1 Å². The van der Waals surface area contributed by atoms with E-state index in [1.165, 1.54) is 25.1 Å². The minimum absolute atomic E-state index is 0.202. The number of pyridine rings is 1. The molecule has 5 heteroatoms. The van der Waals surface area contributed by atoms with E-state index in [1.807, 2.05) is 0 Å². The van der Waals surface area contributed by atoms with Crippen molar-refractivity contribution in [1.29, 1.82) is 0 Å². The van der Waals surface area contributed by atoms with Gasteiger partial charge in [0.2, 0.25) is 0 Å². The number of nitrogens with one attached hydrogen (secondary N) is 2. The summed E-state index contributed by atoms with van der Waals surface area (Å²) in [6, 6.07) is 2.26. The molecule has 1 saturated carbocycles. The molecule has 2 N–H and O–H groups in total. The SMILES string of the molecule is Cc1cc(=O)c(C(=O)NCC2CCN(C3CC3)C2)c[nH]1. The number of carbonyl (C=O) groups excluding carboxylic acids is 1. The van der Waals surface area contributed by atoms with Crippen molar-refractivity contribution in [2.45, 2.75) is 32.2 Å². The van der Waals surface area contributed by atoms with Crippen molar-refractivity contribution in [3.8, 4) is 0 Å². The summed E-state index contributed by atoms with van der Waals surface area (Å²) in [6.45, 7) is 4.69. The molecule has 2 aliphatic rings. The van der Waals surface area contributed by atoms with Crippen LogP contribution in [0.1, 0.15) is 35.3 Å². The van der Waals surface area contributed by atoms with Crippen LogP contribution in [0.3, 0.4) is 0 Å². The quantitative estimate of drug-likeness (QED) is 0.858. The van der Waals surface area contributed by atoms with E-state index in [1.54, 1.807) is 6.92 Å². The first-order valence-electron chi connectivity index (χ1n) is 7.35. The average Bonchev–Trinajstić information content (AvgIpc) is 3.15. The first kappa shape index (κ1) is 13.4. The number of carbonyl (C=O) groups is 1. The second kappa shape index (κ2) is 5.40. The predicted octanol–water partition coefficient (Wildman–Crippen LogP) is 0.897. The van der Waals surface area contributed by atoms with Gasteiger partial charge in [-0.1, -0.05) is 0 Å². The zero-order chi connectivity index (χ0) is 14.1. The molecule has 2 fully saturated rings. The lowest BCUT2D eigenvalue weighted by Crippen LogP contribution is -2.34. The van der Waals surface area contributed by atoms with Crippen molar-refractivity contribution >= 4 is 5.91 Å². The van der Waals surface area contributed by atoms with E-state index in [2.05, 4.69) is 15.2 Å². The predicted molar refractivity (Wildman–Crippen MR) is 76.8 cm³/mol. The Morgan fingerprint density at radius 2 is 2.25 bits per heavy atom. The van der Waals surface area contributed by atoms with Crippen LogP contribution in [0.25, 0.3) is 0 Å². The minimum Gasteiger partial charge on any atom is -0.364 e. The molecule has 1 atom stereocenters. The van der Waals surface area contributed by atoms with Crippen LogP contribution in [0.15, 0.2) is 17.1 Å². The molecule has 20 heavy (non-hydrogen) atoms. The molecule has 1 unspecified atom stereocenters. The number of H-pyrrole nitrogens is 1. The molecule has 1 aliphatic carbocycles. The second-order valence-electron chi connectivity index (χ2n) is 5.98. The van der Waals surface area contributed by atoms with Crippen molar-refractivity contribution < 1.29 is 4.79 Å². The Balaban J connectivity index is 1.53. The van der Waals surface area contributed by atoms with Gasteiger partial charge in [-0.3, -0.25) is 9.59 Å². The Labute approximate surface area is 118 Å². The lowest BCUT2D eigenvalue weighted by molar-refractivity contribution is 0.0946. The standard InChI is InChI=1S/C15H21N3O2/c1-10-6-14(19)13(8-16-10)15(20)17-7-11-4-5-18(9-11)12-2-3-12/h6,8,11-12H,2-5,7,9H2,1H3,(H,16,19)(H,17,20). The smallest absolute Gasteiger partial charge is 0.256 e. The maximum atomic E-state index is 12.0. The van der Waals surface area contributed by atoms with Crippen molar-refractivity contribution in [3.05, 3.63) is 33.7 Å². The molecule has 0 bridgehead atoms. The fourth-order valence-corrected chi connectivity index (χ4v) is 2.88. The monoisotopic (exact) mass is 275 g/mol. The fraction of sp³-hybridized carbons (Fsp3) is 0.600. The van der Waals surface area contributed by atoms with Crippen molar-refractivity contribution in [3.63, 3.8) is 0 Å². The van der Waals surface area contributed by atoms with Gasteiger partial charge in [0.05, 0.1) is 0 Å². The van der Waals surface area contributed by atoms with E-state index in [0.717, 1.165) is 31.2 Å². The number of nitrogens with zero attached hydrogens (tertiary/aromatic N) is 1. The van der Waals surface area contributed by atoms with Crippen LogP contribution < -0.4 is 10.7 Å². The first-order valence-corrected chi connectivity index (χ1v) is 7.35. The van der Waals surface area contributed by atoms with Gasteiger partial charge in [0.25, 0.3) is 5.91 Å². The van der Waals surface area contributed by atoms with Crippen LogP contribution in [-0.4, -0.2) is 41.5 Å². The molecule has 3 rings (SSSR count). The average molecular weight is 275 g/mol. The number of likely N-dealkylation sites (tertiary alicyclic amines) is 1. The van der Waals surface area contributed by atoms with Crippen molar-refractivity contribution in [1.82, 2.24) is 15.2 Å². The lowest BCUT2D eigenvalue weighted by atomic mass is 10.1. The van der Waals surface area contributed by atoms with Crippen LogP contribution >= 0.6 is 0 Å². The van der Waals surface area contributed by atoms with Gasteiger partial charge >= 0.3 is 0 Å². The molecule has 0 spiro atoms. The second-order valence-corrected chi connectivity index (χ2v) is 5.98. The summed E-state index contributed by atoms with van der Waals surface area (Å²) in [5.74, 6) is 0.250. The number of amides is 1. The highest BCUT2D eigenvalue weighted by atomic mass is 16.2. The minimum atomic E-state index is -0.267. The molecule has 2 heterocycles. The summed E-state index contributed by atoms with van der Waals surface area (Å²) in [5, 5.41) is 2.90. The zero-order valence-corrected chi connectivity index (χ0v) is 11.8.